The molecule has 4 rings (SSSR count). The van der Waals surface area contributed by atoms with Crippen molar-refractivity contribution in [1.82, 2.24) is 4.90 Å². The van der Waals surface area contributed by atoms with Gasteiger partial charge < -0.3 is 34.5 Å². The molecule has 0 radical (unpaired) electrons. The molecule has 0 saturated carbocycles. The van der Waals surface area contributed by atoms with Gasteiger partial charge in [0.25, 0.3) is 0 Å². The van der Waals surface area contributed by atoms with Crippen molar-refractivity contribution >= 4 is 18.7 Å². The van der Waals surface area contributed by atoms with Crippen LogP contribution >= 0.6 is 18.7 Å². The van der Waals surface area contributed by atoms with Crippen LogP contribution < -0.4 is 4.74 Å². The van der Waals surface area contributed by atoms with Crippen molar-refractivity contribution in [3.8, 4) is 5.75 Å². The second-order valence-electron chi connectivity index (χ2n) is 9.93. The Balaban J connectivity index is 1.33. The predicted octanol–water partition coefficient (Wildman–Crippen LogP) is 2.52. The molecule has 8 nitrogen and oxygen atoms in total. The van der Waals surface area contributed by atoms with Gasteiger partial charge in [0.15, 0.2) is 0 Å². The zero-order valence-corrected chi connectivity index (χ0v) is 22.7. The van der Waals surface area contributed by atoms with Crippen molar-refractivity contribution < 1.29 is 34.5 Å². The summed E-state index contributed by atoms with van der Waals surface area (Å²) in [5.74, 6) is 0.779. The Morgan fingerprint density at radius 1 is 1.05 bits per heavy atom. The van der Waals surface area contributed by atoms with E-state index in [1.54, 1.807) is 12.1 Å². The van der Waals surface area contributed by atoms with Crippen LogP contribution in [0.4, 0.5) is 0 Å². The summed E-state index contributed by atoms with van der Waals surface area (Å²) in [6.45, 7) is 4.67. The molecule has 0 aliphatic carbocycles. The topological polar surface area (TPSA) is 120 Å². The number of halogens is 1. The summed E-state index contributed by atoms with van der Waals surface area (Å²) >= 11 is 6.45. The predicted molar refractivity (Wildman–Crippen MR) is 143 cm³/mol. The minimum absolute atomic E-state index is 0.477. The monoisotopic (exact) mass is 553 g/mol. The van der Waals surface area contributed by atoms with Crippen molar-refractivity contribution in [2.75, 3.05) is 51.3 Å². The van der Waals surface area contributed by atoms with E-state index < -0.39 is 44.3 Å². The second kappa shape index (κ2) is 12.6. The number of hydrogen-bond acceptors (Lipinski definition) is 8. The van der Waals surface area contributed by atoms with Gasteiger partial charge in [-0.1, -0.05) is 42.8 Å². The molecule has 2 aromatic rings. The standard InChI is InChI=1S/C27H37ClNO7P/c1-2-37(34)13-10-29(11-14-37)9-12-35-21-6-3-18(4-7-21)15-20-16-19(5-8-22(20)28)27-26(33)25(32)24(31)23(17-30)36-27/h3-8,16,23-27,30-33H,2,9-15,17H2,1H3. The Morgan fingerprint density at radius 3 is 2.41 bits per heavy atom. The second-order valence-corrected chi connectivity index (χ2v) is 14.0. The maximum absolute atomic E-state index is 12.5. The van der Waals surface area contributed by atoms with E-state index in [0.29, 0.717) is 23.6 Å². The van der Waals surface area contributed by atoms with Crippen LogP contribution in [0.25, 0.3) is 0 Å². The molecule has 2 aliphatic heterocycles. The summed E-state index contributed by atoms with van der Waals surface area (Å²) in [7, 11) is -1.93. The van der Waals surface area contributed by atoms with Crippen LogP contribution in [0, 0.1) is 0 Å². The van der Waals surface area contributed by atoms with E-state index >= 15 is 0 Å². The lowest BCUT2D eigenvalue weighted by atomic mass is 9.90. The number of aliphatic hydroxyl groups is 4. The van der Waals surface area contributed by atoms with Crippen molar-refractivity contribution in [2.24, 2.45) is 0 Å². The van der Waals surface area contributed by atoms with Gasteiger partial charge in [-0.05, 0) is 47.5 Å². The summed E-state index contributed by atoms with van der Waals surface area (Å²) in [5.41, 5.74) is 2.44. The average molecular weight is 554 g/mol. The zero-order chi connectivity index (χ0) is 26.6. The molecule has 2 heterocycles. The lowest BCUT2D eigenvalue weighted by Gasteiger charge is -2.40. The van der Waals surface area contributed by atoms with Crippen LogP contribution in [-0.2, 0) is 15.7 Å². The Kier molecular flexibility index (Phi) is 9.70. The van der Waals surface area contributed by atoms with Crippen LogP contribution in [-0.4, -0.2) is 101 Å². The summed E-state index contributed by atoms with van der Waals surface area (Å²) in [6.07, 6.45) is -3.11. The van der Waals surface area contributed by atoms with Crippen molar-refractivity contribution in [2.45, 2.75) is 43.9 Å². The van der Waals surface area contributed by atoms with Crippen molar-refractivity contribution in [1.29, 1.82) is 0 Å². The quantitative estimate of drug-likeness (QED) is 0.350. The van der Waals surface area contributed by atoms with Crippen molar-refractivity contribution in [3.63, 3.8) is 0 Å². The highest BCUT2D eigenvalue weighted by Gasteiger charge is 2.44. The fourth-order valence-electron chi connectivity index (χ4n) is 4.91. The van der Waals surface area contributed by atoms with E-state index in [9.17, 15) is 25.0 Å². The van der Waals surface area contributed by atoms with E-state index in [1.807, 2.05) is 37.3 Å². The third-order valence-electron chi connectivity index (χ3n) is 7.51. The number of nitrogens with zero attached hydrogens (tertiary/aromatic N) is 1. The van der Waals surface area contributed by atoms with E-state index in [2.05, 4.69) is 4.90 Å². The van der Waals surface area contributed by atoms with Crippen LogP contribution in [0.2, 0.25) is 5.02 Å². The highest BCUT2D eigenvalue weighted by molar-refractivity contribution is 7.64. The fourth-order valence-corrected chi connectivity index (χ4v) is 7.25. The number of rotatable bonds is 9. The van der Waals surface area contributed by atoms with E-state index in [1.165, 1.54) is 0 Å². The van der Waals surface area contributed by atoms with E-state index in [-0.39, 0.29) is 0 Å². The molecule has 5 unspecified atom stereocenters. The molecule has 2 saturated heterocycles. The Morgan fingerprint density at radius 2 is 1.76 bits per heavy atom. The van der Waals surface area contributed by atoms with Gasteiger partial charge in [-0.15, -0.1) is 0 Å². The molecule has 5 atom stereocenters. The lowest BCUT2D eigenvalue weighted by molar-refractivity contribution is -0.231. The first-order valence-corrected chi connectivity index (χ1v) is 15.5. The maximum atomic E-state index is 12.5. The third kappa shape index (κ3) is 6.94. The first-order valence-electron chi connectivity index (χ1n) is 12.8. The lowest BCUT2D eigenvalue weighted by Crippen LogP contribution is -2.55. The smallest absolute Gasteiger partial charge is 0.119 e. The maximum Gasteiger partial charge on any atom is 0.119 e. The van der Waals surface area contributed by atoms with E-state index in [0.717, 1.165) is 55.0 Å². The van der Waals surface area contributed by atoms with Gasteiger partial charge in [0, 0.05) is 37.0 Å². The Bertz CT molecular complexity index is 1070. The number of hydrogen-bond donors (Lipinski definition) is 4. The van der Waals surface area contributed by atoms with Gasteiger partial charge in [-0.25, -0.2) is 0 Å². The van der Waals surface area contributed by atoms with Crippen LogP contribution in [0.1, 0.15) is 29.7 Å². The summed E-state index contributed by atoms with van der Waals surface area (Å²) in [6, 6.07) is 13.0. The van der Waals surface area contributed by atoms with Crippen molar-refractivity contribution in [3.05, 3.63) is 64.2 Å². The number of benzene rings is 2. The molecule has 0 bridgehead atoms. The molecule has 2 aliphatic rings. The van der Waals surface area contributed by atoms with Gasteiger partial charge >= 0.3 is 0 Å². The van der Waals surface area contributed by atoms with Crippen LogP contribution in [0.5, 0.6) is 5.75 Å². The first kappa shape index (κ1) is 28.5. The summed E-state index contributed by atoms with van der Waals surface area (Å²) < 4.78 is 24.1. The van der Waals surface area contributed by atoms with Gasteiger partial charge in [0.05, 0.1) is 13.7 Å². The minimum atomic E-state index is -1.93. The first-order chi connectivity index (χ1) is 17.7. The highest BCUT2D eigenvalue weighted by Crippen LogP contribution is 2.46. The number of aliphatic hydroxyl groups excluding tert-OH is 4. The van der Waals surface area contributed by atoms with E-state index in [4.69, 9.17) is 21.1 Å². The van der Waals surface area contributed by atoms with Gasteiger partial charge in [-0.3, -0.25) is 4.90 Å². The molecule has 0 spiro atoms. The van der Waals surface area contributed by atoms with Crippen LogP contribution in [0.3, 0.4) is 0 Å². The third-order valence-corrected chi connectivity index (χ3v) is 11.1. The zero-order valence-electron chi connectivity index (χ0n) is 21.1. The van der Waals surface area contributed by atoms with Crippen LogP contribution in [0.15, 0.2) is 42.5 Å². The summed E-state index contributed by atoms with van der Waals surface area (Å²) in [5, 5.41) is 40.7. The van der Waals surface area contributed by atoms with Gasteiger partial charge in [0.2, 0.25) is 0 Å². The molecule has 0 aromatic heterocycles. The molecule has 0 amide bonds. The molecule has 2 aromatic carbocycles. The normalized spacial score (nSPS) is 28.2. The SMILES string of the molecule is CCP1(=O)CCN(CCOc2ccc(Cc3cc(C4OC(CO)C(O)C(O)C4O)ccc3Cl)cc2)CC1. The largest absolute Gasteiger partial charge is 0.492 e. The van der Waals surface area contributed by atoms with Gasteiger partial charge in [-0.2, -0.15) is 0 Å². The Labute approximate surface area is 223 Å². The highest BCUT2D eigenvalue weighted by atomic mass is 35.5. The number of ether oxygens (including phenoxy) is 2. The fraction of sp³-hybridized carbons (Fsp3) is 0.556. The molecule has 10 heteroatoms. The molecule has 204 valence electrons. The Hall–Kier alpha value is -1.48. The molecule has 2 fully saturated rings. The molecule has 37 heavy (non-hydrogen) atoms. The molecule has 4 N–H and O–H groups in total. The minimum Gasteiger partial charge on any atom is -0.492 e. The average Bonchev–Trinajstić information content (AvgIpc) is 2.91. The van der Waals surface area contributed by atoms with Gasteiger partial charge in [0.1, 0.15) is 42.9 Å². The molecular weight excluding hydrogens is 517 g/mol. The molecular formula is C27H37ClNO7P. The summed E-state index contributed by atoms with van der Waals surface area (Å²) in [4.78, 5) is 2.31.